The number of carbonyl (C=O) groups excluding carboxylic acids is 1. The van der Waals surface area contributed by atoms with E-state index in [1.165, 1.54) is 36.7 Å². The van der Waals surface area contributed by atoms with Crippen LogP contribution in [0.3, 0.4) is 0 Å². The van der Waals surface area contributed by atoms with E-state index < -0.39 is 0 Å². The van der Waals surface area contributed by atoms with E-state index in [1.54, 1.807) is 12.1 Å². The Balaban J connectivity index is 1.55. The Bertz CT molecular complexity index is 984. The summed E-state index contributed by atoms with van der Waals surface area (Å²) in [6.07, 6.45) is 6.43. The van der Waals surface area contributed by atoms with Crippen LogP contribution in [0.15, 0.2) is 59.8 Å². The number of hydrogen-bond acceptors (Lipinski definition) is 4. The van der Waals surface area contributed by atoms with Gasteiger partial charge in [-0.15, -0.1) is 10.2 Å². The van der Waals surface area contributed by atoms with Crippen molar-refractivity contribution in [1.82, 2.24) is 20.1 Å². The maximum Gasteiger partial charge on any atom is 0.228 e. The molecule has 0 aliphatic heterocycles. The van der Waals surface area contributed by atoms with Crippen molar-refractivity contribution in [1.29, 1.82) is 0 Å². The Morgan fingerprint density at radius 2 is 1.83 bits per heavy atom. The molecule has 1 fully saturated rings. The Hall–Kier alpha value is -2.67. The zero-order valence-electron chi connectivity index (χ0n) is 16.9. The molecule has 0 unspecified atom stereocenters. The fourth-order valence-electron chi connectivity index (χ4n) is 4.26. The quantitative estimate of drug-likeness (QED) is 0.558. The third kappa shape index (κ3) is 4.41. The number of halogens is 1. The highest BCUT2D eigenvalue weighted by atomic mass is 32.2. The Kier molecular flexibility index (Phi) is 6.47. The lowest BCUT2D eigenvalue weighted by atomic mass is 9.84. The molecule has 1 N–H and O–H groups in total. The summed E-state index contributed by atoms with van der Waals surface area (Å²) in [5, 5.41) is 12.3. The van der Waals surface area contributed by atoms with E-state index in [2.05, 4.69) is 15.5 Å². The molecule has 30 heavy (non-hydrogen) atoms. The number of rotatable bonds is 7. The number of aromatic nitrogens is 3. The van der Waals surface area contributed by atoms with Crippen molar-refractivity contribution in [2.24, 2.45) is 5.92 Å². The maximum absolute atomic E-state index is 13.4. The summed E-state index contributed by atoms with van der Waals surface area (Å²) < 4.78 is 15.2. The van der Waals surface area contributed by atoms with Gasteiger partial charge in [-0.1, -0.05) is 54.9 Å². The average molecular weight is 425 g/mol. The first kappa shape index (κ1) is 20.6. The number of benzene rings is 2. The van der Waals surface area contributed by atoms with Gasteiger partial charge in [-0.25, -0.2) is 4.39 Å². The summed E-state index contributed by atoms with van der Waals surface area (Å²) in [4.78, 5) is 13.2. The molecule has 1 atom stereocenters. The first-order chi connectivity index (χ1) is 14.7. The van der Waals surface area contributed by atoms with Crippen LogP contribution >= 0.6 is 11.8 Å². The molecule has 4 rings (SSSR count). The molecule has 7 heteroatoms. The van der Waals surface area contributed by atoms with Crippen LogP contribution in [0, 0.1) is 11.7 Å². The minimum atomic E-state index is -0.297. The Morgan fingerprint density at radius 3 is 2.50 bits per heavy atom. The summed E-state index contributed by atoms with van der Waals surface area (Å²) in [5.74, 6) is 0.555. The van der Waals surface area contributed by atoms with E-state index >= 15 is 0 Å². The molecule has 5 nitrogen and oxygen atoms in total. The van der Waals surface area contributed by atoms with E-state index in [9.17, 15) is 9.18 Å². The summed E-state index contributed by atoms with van der Waals surface area (Å²) in [6, 6.07) is 16.2. The highest BCUT2D eigenvalue weighted by molar-refractivity contribution is 7.98. The molecule has 1 aliphatic carbocycles. The van der Waals surface area contributed by atoms with Gasteiger partial charge in [-0.3, -0.25) is 9.36 Å². The number of hydrogen-bond donors (Lipinski definition) is 1. The minimum Gasteiger partial charge on any atom is -0.348 e. The standard InChI is InChI=1S/C23H25FN4OS/c1-30-23-27-26-20(28(23)19-13-11-18(24)12-14-19)15-25-22(29)21(17-9-5-6-10-17)16-7-3-2-4-8-16/h2-4,7-8,11-14,17,21H,5-6,9-10,15H2,1H3,(H,25,29)/t21-/m1/s1. The van der Waals surface area contributed by atoms with E-state index in [-0.39, 0.29) is 24.2 Å². The predicted octanol–water partition coefficient (Wildman–Crippen LogP) is 4.72. The largest absolute Gasteiger partial charge is 0.348 e. The van der Waals surface area contributed by atoms with E-state index in [4.69, 9.17) is 0 Å². The summed E-state index contributed by atoms with van der Waals surface area (Å²) in [6.45, 7) is 0.264. The van der Waals surface area contributed by atoms with Crippen LogP contribution in [0.5, 0.6) is 0 Å². The topological polar surface area (TPSA) is 59.8 Å². The molecule has 2 aromatic carbocycles. The normalized spacial score (nSPS) is 15.3. The van der Waals surface area contributed by atoms with Crippen molar-refractivity contribution in [3.05, 3.63) is 71.8 Å². The number of amides is 1. The van der Waals surface area contributed by atoms with E-state index in [1.807, 2.05) is 41.2 Å². The predicted molar refractivity (Wildman–Crippen MR) is 116 cm³/mol. The lowest BCUT2D eigenvalue weighted by molar-refractivity contribution is -0.124. The van der Waals surface area contributed by atoms with Gasteiger partial charge in [0.05, 0.1) is 12.5 Å². The van der Waals surface area contributed by atoms with Gasteiger partial charge >= 0.3 is 0 Å². The van der Waals surface area contributed by atoms with Crippen LogP contribution in [-0.4, -0.2) is 26.9 Å². The number of nitrogens with one attached hydrogen (secondary N) is 1. The number of nitrogens with zero attached hydrogens (tertiary/aromatic N) is 3. The van der Waals surface area contributed by atoms with E-state index in [0.29, 0.717) is 16.9 Å². The van der Waals surface area contributed by atoms with E-state index in [0.717, 1.165) is 24.1 Å². The first-order valence-corrected chi connectivity index (χ1v) is 11.5. The van der Waals surface area contributed by atoms with Gasteiger partial charge in [0.2, 0.25) is 5.91 Å². The Labute approximate surface area is 180 Å². The highest BCUT2D eigenvalue weighted by Crippen LogP contribution is 2.37. The molecule has 1 aromatic heterocycles. The van der Waals surface area contributed by atoms with Crippen LogP contribution in [0.25, 0.3) is 5.69 Å². The Morgan fingerprint density at radius 1 is 1.13 bits per heavy atom. The van der Waals surface area contributed by atoms with Crippen LogP contribution in [-0.2, 0) is 11.3 Å². The zero-order chi connectivity index (χ0) is 20.9. The molecule has 3 aromatic rings. The van der Waals surface area contributed by atoms with Crippen LogP contribution in [0.2, 0.25) is 0 Å². The van der Waals surface area contributed by atoms with Crippen LogP contribution in [0.1, 0.15) is 43.0 Å². The highest BCUT2D eigenvalue weighted by Gasteiger charge is 2.32. The zero-order valence-corrected chi connectivity index (χ0v) is 17.7. The van der Waals surface area contributed by atoms with Gasteiger partial charge in [-0.05, 0) is 54.8 Å². The van der Waals surface area contributed by atoms with Gasteiger partial charge in [0.1, 0.15) is 5.82 Å². The number of thioether (sulfide) groups is 1. The lowest BCUT2D eigenvalue weighted by Gasteiger charge is -2.23. The molecule has 0 radical (unpaired) electrons. The van der Waals surface area contributed by atoms with Crippen LogP contribution < -0.4 is 5.32 Å². The second kappa shape index (κ2) is 9.43. The average Bonchev–Trinajstić information content (AvgIpc) is 3.44. The maximum atomic E-state index is 13.4. The van der Waals surface area contributed by atoms with Crippen molar-refractivity contribution in [3.8, 4) is 5.69 Å². The SMILES string of the molecule is CSc1nnc(CNC(=O)[C@H](c2ccccc2)C2CCCC2)n1-c1ccc(F)cc1. The third-order valence-corrected chi connectivity index (χ3v) is 6.33. The second-order valence-electron chi connectivity index (χ2n) is 7.57. The first-order valence-electron chi connectivity index (χ1n) is 10.2. The van der Waals surface area contributed by atoms with Crippen molar-refractivity contribution in [2.45, 2.75) is 43.3 Å². The lowest BCUT2D eigenvalue weighted by Crippen LogP contribution is -2.33. The molecule has 1 aliphatic rings. The molecule has 0 spiro atoms. The second-order valence-corrected chi connectivity index (χ2v) is 8.34. The monoisotopic (exact) mass is 424 g/mol. The van der Waals surface area contributed by atoms with Crippen molar-refractivity contribution >= 4 is 17.7 Å². The van der Waals surface area contributed by atoms with Gasteiger partial charge in [0.25, 0.3) is 0 Å². The molecule has 156 valence electrons. The van der Waals surface area contributed by atoms with Crippen molar-refractivity contribution in [2.75, 3.05) is 6.26 Å². The molecule has 1 heterocycles. The van der Waals surface area contributed by atoms with Gasteiger partial charge in [-0.2, -0.15) is 0 Å². The third-order valence-electron chi connectivity index (χ3n) is 5.70. The minimum absolute atomic E-state index is 0.0208. The van der Waals surface area contributed by atoms with Gasteiger partial charge < -0.3 is 5.32 Å². The summed E-state index contributed by atoms with van der Waals surface area (Å²) in [7, 11) is 0. The molecule has 0 saturated heterocycles. The molecular weight excluding hydrogens is 399 g/mol. The fourth-order valence-corrected chi connectivity index (χ4v) is 4.78. The van der Waals surface area contributed by atoms with Crippen molar-refractivity contribution in [3.63, 3.8) is 0 Å². The molecule has 1 amide bonds. The van der Waals surface area contributed by atoms with Crippen LogP contribution in [0.4, 0.5) is 4.39 Å². The summed E-state index contributed by atoms with van der Waals surface area (Å²) in [5.41, 5.74) is 1.83. The smallest absolute Gasteiger partial charge is 0.228 e. The molecule has 0 bridgehead atoms. The number of carbonyl (C=O) groups is 1. The van der Waals surface area contributed by atoms with Crippen molar-refractivity contribution < 1.29 is 9.18 Å². The van der Waals surface area contributed by atoms with Gasteiger partial charge in [0.15, 0.2) is 11.0 Å². The molecule has 1 saturated carbocycles. The fraction of sp³-hybridized carbons (Fsp3) is 0.348. The molecular formula is C23H25FN4OS. The van der Waals surface area contributed by atoms with Gasteiger partial charge in [0, 0.05) is 5.69 Å². The summed E-state index contributed by atoms with van der Waals surface area (Å²) >= 11 is 1.46.